The van der Waals surface area contributed by atoms with Gasteiger partial charge in [0.05, 0.1) is 6.61 Å². The molecule has 184 valence electrons. The number of hydrogen-bond acceptors (Lipinski definition) is 5. The van der Waals surface area contributed by atoms with Gasteiger partial charge in [-0.2, -0.15) is 0 Å². The Labute approximate surface area is 207 Å². The van der Waals surface area contributed by atoms with Crippen LogP contribution in [0.5, 0.6) is 5.75 Å². The molecular formula is C28H34N4O3. The molecule has 2 amide bonds. The van der Waals surface area contributed by atoms with Crippen molar-refractivity contribution in [2.24, 2.45) is 10.9 Å². The number of amidine groups is 1. The zero-order chi connectivity index (χ0) is 24.6. The predicted molar refractivity (Wildman–Crippen MR) is 138 cm³/mol. The first-order valence-corrected chi connectivity index (χ1v) is 12.4. The van der Waals surface area contributed by atoms with Crippen LogP contribution in [0, 0.1) is 5.92 Å². The molecule has 1 saturated heterocycles. The van der Waals surface area contributed by atoms with Gasteiger partial charge in [-0.15, -0.1) is 0 Å². The third kappa shape index (κ3) is 6.50. The van der Waals surface area contributed by atoms with Gasteiger partial charge in [0, 0.05) is 44.5 Å². The summed E-state index contributed by atoms with van der Waals surface area (Å²) in [5.41, 5.74) is 2.87. The fourth-order valence-corrected chi connectivity index (χ4v) is 4.21. The standard InChI is InChI=1S/C28H34N4O3/c1-21(2)20-35-25-11-6-10-23(18-25)27(33)31-14-7-15-32(17-16-31)28(34)26-29-13-12-24(19-30-26)22-8-4-3-5-9-22/h3-6,8-11,18-19,21H,7,12-17,20H2,1-2H3,(H,29,30). The highest BCUT2D eigenvalue weighted by molar-refractivity contribution is 6.38. The number of ether oxygens (including phenoxy) is 1. The fourth-order valence-electron chi connectivity index (χ4n) is 4.21. The summed E-state index contributed by atoms with van der Waals surface area (Å²) in [6.45, 7) is 7.51. The van der Waals surface area contributed by atoms with Crippen LogP contribution in [0.25, 0.3) is 5.57 Å². The van der Waals surface area contributed by atoms with E-state index >= 15 is 0 Å². The maximum atomic E-state index is 13.2. The highest BCUT2D eigenvalue weighted by Crippen LogP contribution is 2.19. The van der Waals surface area contributed by atoms with Crippen molar-refractivity contribution in [3.05, 3.63) is 71.9 Å². The summed E-state index contributed by atoms with van der Waals surface area (Å²) in [4.78, 5) is 34.5. The van der Waals surface area contributed by atoms with E-state index in [4.69, 9.17) is 4.74 Å². The van der Waals surface area contributed by atoms with Crippen LogP contribution in [-0.2, 0) is 4.79 Å². The topological polar surface area (TPSA) is 74.2 Å². The van der Waals surface area contributed by atoms with Crippen molar-refractivity contribution in [1.29, 1.82) is 0 Å². The summed E-state index contributed by atoms with van der Waals surface area (Å²) in [5, 5.41) is 3.14. The quantitative estimate of drug-likeness (QED) is 0.691. The van der Waals surface area contributed by atoms with Crippen molar-refractivity contribution < 1.29 is 14.3 Å². The average molecular weight is 475 g/mol. The number of nitrogens with zero attached hydrogens (tertiary/aromatic N) is 3. The van der Waals surface area contributed by atoms with E-state index in [1.807, 2.05) is 47.5 Å². The minimum Gasteiger partial charge on any atom is -0.493 e. The maximum Gasteiger partial charge on any atom is 0.289 e. The summed E-state index contributed by atoms with van der Waals surface area (Å²) in [6.07, 6.45) is 3.39. The number of nitrogens with one attached hydrogen (secondary N) is 1. The van der Waals surface area contributed by atoms with Crippen molar-refractivity contribution in [2.45, 2.75) is 26.7 Å². The van der Waals surface area contributed by atoms with Crippen LogP contribution >= 0.6 is 0 Å². The molecule has 2 aromatic rings. The number of rotatable bonds is 6. The van der Waals surface area contributed by atoms with Gasteiger partial charge in [0.25, 0.3) is 11.8 Å². The Morgan fingerprint density at radius 3 is 2.46 bits per heavy atom. The molecule has 0 atom stereocenters. The van der Waals surface area contributed by atoms with Crippen molar-refractivity contribution in [3.8, 4) is 5.75 Å². The molecule has 1 N–H and O–H groups in total. The molecule has 2 aromatic carbocycles. The molecule has 2 aliphatic heterocycles. The van der Waals surface area contributed by atoms with E-state index in [1.165, 1.54) is 0 Å². The third-order valence-electron chi connectivity index (χ3n) is 6.12. The molecule has 0 aliphatic carbocycles. The molecule has 2 aliphatic rings. The van der Waals surface area contributed by atoms with Crippen LogP contribution in [0.15, 0.2) is 65.8 Å². The molecule has 2 heterocycles. The number of benzene rings is 2. The second-order valence-electron chi connectivity index (χ2n) is 9.33. The lowest BCUT2D eigenvalue weighted by Crippen LogP contribution is -2.43. The Bertz CT molecular complexity index is 1090. The molecule has 4 rings (SSSR count). The smallest absolute Gasteiger partial charge is 0.289 e. The number of aliphatic imine (C=N–C) groups is 1. The number of hydrogen-bond donors (Lipinski definition) is 1. The van der Waals surface area contributed by atoms with Gasteiger partial charge < -0.3 is 19.9 Å². The van der Waals surface area contributed by atoms with Gasteiger partial charge in [-0.3, -0.25) is 14.6 Å². The van der Waals surface area contributed by atoms with Gasteiger partial charge in [0.15, 0.2) is 5.84 Å². The highest BCUT2D eigenvalue weighted by Gasteiger charge is 2.26. The molecule has 1 fully saturated rings. The third-order valence-corrected chi connectivity index (χ3v) is 6.12. The zero-order valence-electron chi connectivity index (χ0n) is 20.6. The second-order valence-corrected chi connectivity index (χ2v) is 9.33. The zero-order valence-corrected chi connectivity index (χ0v) is 20.6. The molecule has 0 aromatic heterocycles. The molecule has 7 heteroatoms. The van der Waals surface area contributed by atoms with Gasteiger partial charge >= 0.3 is 0 Å². The lowest BCUT2D eigenvalue weighted by molar-refractivity contribution is -0.124. The molecule has 35 heavy (non-hydrogen) atoms. The van der Waals surface area contributed by atoms with Crippen LogP contribution in [0.1, 0.15) is 42.6 Å². The van der Waals surface area contributed by atoms with Crippen LogP contribution in [0.4, 0.5) is 0 Å². The van der Waals surface area contributed by atoms with Crippen LogP contribution < -0.4 is 10.1 Å². The van der Waals surface area contributed by atoms with Gasteiger partial charge in [0.1, 0.15) is 5.75 Å². The second kappa shape index (κ2) is 11.7. The highest BCUT2D eigenvalue weighted by atomic mass is 16.5. The first kappa shape index (κ1) is 24.5. The van der Waals surface area contributed by atoms with E-state index in [0.29, 0.717) is 62.4 Å². The minimum atomic E-state index is -0.117. The molecule has 0 radical (unpaired) electrons. The van der Waals surface area contributed by atoms with E-state index in [-0.39, 0.29) is 11.8 Å². The monoisotopic (exact) mass is 474 g/mol. The van der Waals surface area contributed by atoms with Gasteiger partial charge in [-0.1, -0.05) is 50.2 Å². The van der Waals surface area contributed by atoms with Crippen LogP contribution in [0.3, 0.4) is 0 Å². The molecular weight excluding hydrogens is 440 g/mol. The van der Waals surface area contributed by atoms with Crippen molar-refractivity contribution in [2.75, 3.05) is 39.3 Å². The van der Waals surface area contributed by atoms with Crippen molar-refractivity contribution >= 4 is 23.2 Å². The SMILES string of the molecule is CC(C)COc1cccc(C(=O)N2CCCN(C(=O)C3=NCCC(c4ccccc4)=CN3)CC2)c1. The van der Waals surface area contributed by atoms with Crippen molar-refractivity contribution in [3.63, 3.8) is 0 Å². The van der Waals surface area contributed by atoms with Gasteiger partial charge in [-0.05, 0) is 48.1 Å². The van der Waals surface area contributed by atoms with Gasteiger partial charge in [0.2, 0.25) is 0 Å². The normalized spacial score (nSPS) is 16.5. The Kier molecular flexibility index (Phi) is 8.19. The number of carbonyl (C=O) groups excluding carboxylic acids is 2. The minimum absolute atomic E-state index is 0.0327. The molecule has 0 unspecified atom stereocenters. The summed E-state index contributed by atoms with van der Waals surface area (Å²) in [7, 11) is 0. The Hall–Kier alpha value is -3.61. The Morgan fingerprint density at radius 2 is 1.71 bits per heavy atom. The van der Waals surface area contributed by atoms with E-state index in [0.717, 1.165) is 24.0 Å². The Morgan fingerprint density at radius 1 is 0.971 bits per heavy atom. The summed E-state index contributed by atoms with van der Waals surface area (Å²) in [6, 6.07) is 17.5. The van der Waals surface area contributed by atoms with Gasteiger partial charge in [-0.25, -0.2) is 0 Å². The molecule has 0 bridgehead atoms. The summed E-state index contributed by atoms with van der Waals surface area (Å²) in [5.74, 6) is 1.34. The van der Waals surface area contributed by atoms with E-state index in [1.54, 1.807) is 11.0 Å². The van der Waals surface area contributed by atoms with E-state index in [9.17, 15) is 9.59 Å². The van der Waals surface area contributed by atoms with Crippen LogP contribution in [-0.4, -0.2) is 66.8 Å². The first-order chi connectivity index (χ1) is 17.0. The summed E-state index contributed by atoms with van der Waals surface area (Å²) < 4.78 is 5.78. The fraction of sp³-hybridized carbons (Fsp3) is 0.393. The maximum absolute atomic E-state index is 13.2. The Balaban J connectivity index is 1.36. The molecule has 0 spiro atoms. The average Bonchev–Trinajstić information content (AvgIpc) is 3.29. The van der Waals surface area contributed by atoms with Crippen LogP contribution in [0.2, 0.25) is 0 Å². The van der Waals surface area contributed by atoms with E-state index < -0.39 is 0 Å². The van der Waals surface area contributed by atoms with Crippen molar-refractivity contribution in [1.82, 2.24) is 15.1 Å². The predicted octanol–water partition coefficient (Wildman–Crippen LogP) is 3.83. The lowest BCUT2D eigenvalue weighted by atomic mass is 10.0. The summed E-state index contributed by atoms with van der Waals surface area (Å²) >= 11 is 0. The molecule has 7 nitrogen and oxygen atoms in total. The first-order valence-electron chi connectivity index (χ1n) is 12.4. The molecule has 0 saturated carbocycles. The lowest BCUT2D eigenvalue weighted by Gasteiger charge is -2.23. The number of amides is 2. The largest absolute Gasteiger partial charge is 0.493 e. The number of carbonyl (C=O) groups is 2. The van der Waals surface area contributed by atoms with E-state index in [2.05, 4.69) is 36.3 Å².